The zero-order valence-corrected chi connectivity index (χ0v) is 13.6. The minimum absolute atomic E-state index is 0.0489. The molecule has 2 amide bonds. The number of piperidine rings is 1. The second-order valence-corrected chi connectivity index (χ2v) is 5.85. The summed E-state index contributed by atoms with van der Waals surface area (Å²) in [6.45, 7) is 3.15. The van der Waals surface area contributed by atoms with Gasteiger partial charge in [0.25, 0.3) is 0 Å². The van der Waals surface area contributed by atoms with Gasteiger partial charge in [0.1, 0.15) is 0 Å². The molecular weight excluding hydrogens is 270 g/mol. The van der Waals surface area contributed by atoms with Gasteiger partial charge in [0, 0.05) is 34.2 Å². The van der Waals surface area contributed by atoms with Crippen LogP contribution < -0.4 is 5.32 Å². The number of rotatable bonds is 8. The molecule has 1 atom stereocenters. The Balaban J connectivity index is 2.43. The van der Waals surface area contributed by atoms with Gasteiger partial charge in [-0.1, -0.05) is 0 Å². The first-order chi connectivity index (χ1) is 10.0. The van der Waals surface area contributed by atoms with Gasteiger partial charge in [0.2, 0.25) is 11.8 Å². The lowest BCUT2D eigenvalue weighted by molar-refractivity contribution is -0.139. The second-order valence-electron chi connectivity index (χ2n) is 5.85. The quantitative estimate of drug-likeness (QED) is 0.701. The van der Waals surface area contributed by atoms with E-state index in [1.165, 1.54) is 17.7 Å². The lowest BCUT2D eigenvalue weighted by atomic mass is 9.94. The van der Waals surface area contributed by atoms with E-state index in [9.17, 15) is 9.59 Å². The Hall–Kier alpha value is -1.14. The number of likely N-dealkylation sites (N-methyl/N-ethyl adjacent to an activating group) is 1. The molecule has 1 heterocycles. The molecule has 1 aliphatic rings. The number of amides is 2. The van der Waals surface area contributed by atoms with Crippen LogP contribution in [0.2, 0.25) is 0 Å². The monoisotopic (exact) mass is 299 g/mol. The zero-order chi connectivity index (χ0) is 15.7. The van der Waals surface area contributed by atoms with Gasteiger partial charge in [0.15, 0.2) is 0 Å². The van der Waals surface area contributed by atoms with Gasteiger partial charge in [-0.3, -0.25) is 9.59 Å². The molecule has 1 unspecified atom stereocenters. The molecule has 6 heteroatoms. The molecular formula is C15H29N3O3. The van der Waals surface area contributed by atoms with E-state index < -0.39 is 0 Å². The summed E-state index contributed by atoms with van der Waals surface area (Å²) in [5.41, 5.74) is 0. The molecule has 0 aliphatic carbocycles. The lowest BCUT2D eigenvalue weighted by Crippen LogP contribution is -2.42. The van der Waals surface area contributed by atoms with Crippen LogP contribution in [0.15, 0.2) is 0 Å². The third-order valence-electron chi connectivity index (χ3n) is 3.91. The highest BCUT2D eigenvalue weighted by molar-refractivity contribution is 5.84. The largest absolute Gasteiger partial charge is 0.383 e. The third kappa shape index (κ3) is 6.91. The topological polar surface area (TPSA) is 61.9 Å². The predicted octanol–water partition coefficient (Wildman–Crippen LogP) is 0.329. The van der Waals surface area contributed by atoms with Gasteiger partial charge < -0.3 is 19.9 Å². The summed E-state index contributed by atoms with van der Waals surface area (Å²) in [4.78, 5) is 27.3. The summed E-state index contributed by atoms with van der Waals surface area (Å²) in [5, 5.41) is 3.36. The van der Waals surface area contributed by atoms with E-state index in [2.05, 4.69) is 5.32 Å². The van der Waals surface area contributed by atoms with Gasteiger partial charge in [-0.2, -0.15) is 0 Å². The minimum atomic E-state index is -0.0567. The van der Waals surface area contributed by atoms with Crippen molar-refractivity contribution < 1.29 is 14.3 Å². The van der Waals surface area contributed by atoms with E-state index in [0.717, 1.165) is 19.5 Å². The first-order valence-electron chi connectivity index (χ1n) is 7.72. The maximum atomic E-state index is 12.3. The Morgan fingerprint density at radius 3 is 2.62 bits per heavy atom. The predicted molar refractivity (Wildman–Crippen MR) is 82.0 cm³/mol. The third-order valence-corrected chi connectivity index (χ3v) is 3.91. The van der Waals surface area contributed by atoms with Gasteiger partial charge in [-0.15, -0.1) is 0 Å². The molecule has 0 aromatic rings. The standard InChI is InChI=1S/C15H29N3O3/c1-17(2)15(20)12-18(9-10-21-3)14(19)7-6-13-5-4-8-16-11-13/h13,16H,4-12H2,1-3H3. The van der Waals surface area contributed by atoms with E-state index >= 15 is 0 Å². The molecule has 0 saturated carbocycles. The molecule has 122 valence electrons. The van der Waals surface area contributed by atoms with Crippen LogP contribution in [-0.4, -0.2) is 75.6 Å². The summed E-state index contributed by atoms with van der Waals surface area (Å²) in [7, 11) is 5.01. The van der Waals surface area contributed by atoms with Crippen molar-refractivity contribution >= 4 is 11.8 Å². The number of methoxy groups -OCH3 is 1. The van der Waals surface area contributed by atoms with Gasteiger partial charge >= 0.3 is 0 Å². The number of hydrogen-bond acceptors (Lipinski definition) is 4. The molecule has 0 aromatic heterocycles. The van der Waals surface area contributed by atoms with Crippen LogP contribution in [0, 0.1) is 5.92 Å². The van der Waals surface area contributed by atoms with Crippen LogP contribution in [0.1, 0.15) is 25.7 Å². The highest BCUT2D eigenvalue weighted by atomic mass is 16.5. The van der Waals surface area contributed by atoms with Crippen molar-refractivity contribution in [3.63, 3.8) is 0 Å². The number of carbonyl (C=O) groups is 2. The Kier molecular flexibility index (Phi) is 8.30. The number of nitrogens with zero attached hydrogens (tertiary/aromatic N) is 2. The van der Waals surface area contributed by atoms with Crippen molar-refractivity contribution in [1.82, 2.24) is 15.1 Å². The van der Waals surface area contributed by atoms with Crippen LogP contribution in [0.4, 0.5) is 0 Å². The Morgan fingerprint density at radius 1 is 1.29 bits per heavy atom. The fourth-order valence-electron chi connectivity index (χ4n) is 2.45. The molecule has 1 rings (SSSR count). The summed E-state index contributed by atoms with van der Waals surface area (Å²) in [6, 6.07) is 0. The fourth-order valence-corrected chi connectivity index (χ4v) is 2.45. The fraction of sp³-hybridized carbons (Fsp3) is 0.867. The van der Waals surface area contributed by atoms with Crippen LogP contribution in [-0.2, 0) is 14.3 Å². The lowest BCUT2D eigenvalue weighted by Gasteiger charge is -2.26. The summed E-state index contributed by atoms with van der Waals surface area (Å²) >= 11 is 0. The Bertz CT molecular complexity index is 328. The number of carbonyl (C=O) groups excluding carboxylic acids is 2. The molecule has 1 saturated heterocycles. The first kappa shape index (κ1) is 17.9. The Labute approximate surface area is 127 Å². The highest BCUT2D eigenvalue weighted by Gasteiger charge is 2.20. The number of nitrogens with one attached hydrogen (secondary N) is 1. The van der Waals surface area contributed by atoms with Gasteiger partial charge in [0.05, 0.1) is 13.2 Å². The normalized spacial score (nSPS) is 18.3. The van der Waals surface area contributed by atoms with Gasteiger partial charge in [-0.05, 0) is 38.3 Å². The molecule has 0 aromatic carbocycles. The highest BCUT2D eigenvalue weighted by Crippen LogP contribution is 2.16. The summed E-state index contributed by atoms with van der Waals surface area (Å²) < 4.78 is 5.03. The second kappa shape index (κ2) is 9.73. The maximum absolute atomic E-state index is 12.3. The summed E-state index contributed by atoms with van der Waals surface area (Å²) in [6.07, 6.45) is 3.78. The molecule has 6 nitrogen and oxygen atoms in total. The molecule has 0 bridgehead atoms. The SMILES string of the molecule is COCCN(CC(=O)N(C)C)C(=O)CCC1CCCNC1. The zero-order valence-electron chi connectivity index (χ0n) is 13.6. The van der Waals surface area contributed by atoms with Crippen molar-refractivity contribution in [2.24, 2.45) is 5.92 Å². The van der Waals surface area contributed by atoms with Gasteiger partial charge in [-0.25, -0.2) is 0 Å². The molecule has 1 fully saturated rings. The number of ether oxygens (including phenoxy) is 1. The van der Waals surface area contributed by atoms with Crippen molar-refractivity contribution in [3.05, 3.63) is 0 Å². The maximum Gasteiger partial charge on any atom is 0.241 e. The average molecular weight is 299 g/mol. The average Bonchev–Trinajstić information content (AvgIpc) is 2.49. The van der Waals surface area contributed by atoms with Crippen molar-refractivity contribution in [1.29, 1.82) is 0 Å². The molecule has 1 aliphatic heterocycles. The van der Waals surface area contributed by atoms with E-state index in [0.29, 0.717) is 25.5 Å². The minimum Gasteiger partial charge on any atom is -0.383 e. The molecule has 0 radical (unpaired) electrons. The number of hydrogen-bond donors (Lipinski definition) is 1. The molecule has 21 heavy (non-hydrogen) atoms. The van der Waals surface area contributed by atoms with E-state index in [-0.39, 0.29) is 18.4 Å². The molecule has 1 N–H and O–H groups in total. The summed E-state index contributed by atoms with van der Waals surface area (Å²) in [5.74, 6) is 0.572. The van der Waals surface area contributed by atoms with Crippen LogP contribution in [0.25, 0.3) is 0 Å². The van der Waals surface area contributed by atoms with E-state index in [4.69, 9.17) is 4.74 Å². The van der Waals surface area contributed by atoms with Crippen LogP contribution in [0.3, 0.4) is 0 Å². The van der Waals surface area contributed by atoms with Crippen molar-refractivity contribution in [2.75, 3.05) is 54.0 Å². The van der Waals surface area contributed by atoms with Crippen molar-refractivity contribution in [3.8, 4) is 0 Å². The van der Waals surface area contributed by atoms with E-state index in [1.54, 1.807) is 26.1 Å². The van der Waals surface area contributed by atoms with E-state index in [1.807, 2.05) is 0 Å². The van der Waals surface area contributed by atoms with Crippen LogP contribution in [0.5, 0.6) is 0 Å². The smallest absolute Gasteiger partial charge is 0.241 e. The van der Waals surface area contributed by atoms with Crippen molar-refractivity contribution in [2.45, 2.75) is 25.7 Å². The molecule has 0 spiro atoms. The Morgan fingerprint density at radius 2 is 2.05 bits per heavy atom. The first-order valence-corrected chi connectivity index (χ1v) is 7.72. The van der Waals surface area contributed by atoms with Crippen LogP contribution >= 0.6 is 0 Å².